The number of carbonyl (C=O) groups is 1. The van der Waals surface area contributed by atoms with E-state index in [2.05, 4.69) is 27.1 Å². The smallest absolute Gasteiger partial charge is 0.254 e. The summed E-state index contributed by atoms with van der Waals surface area (Å²) in [7, 11) is 1.71. The molecule has 0 unspecified atom stereocenters. The fourth-order valence-corrected chi connectivity index (χ4v) is 1.94. The van der Waals surface area contributed by atoms with Gasteiger partial charge in [0.1, 0.15) is 18.0 Å². The zero-order chi connectivity index (χ0) is 14.5. The highest BCUT2D eigenvalue weighted by molar-refractivity contribution is 5.94. The fourth-order valence-electron chi connectivity index (χ4n) is 1.94. The second-order valence-electron chi connectivity index (χ2n) is 4.62. The monoisotopic (exact) mass is 274 g/mol. The number of carbonyl (C=O) groups excluding carboxylic acids is 1. The molecule has 2 aromatic heterocycles. The average Bonchev–Trinajstić information content (AvgIpc) is 2.90. The quantitative estimate of drug-likeness (QED) is 0.847. The van der Waals surface area contributed by atoms with E-state index in [1.807, 2.05) is 0 Å². The highest BCUT2D eigenvalue weighted by atomic mass is 16.2. The summed E-state index contributed by atoms with van der Waals surface area (Å²) in [6.45, 7) is 2.42. The van der Waals surface area contributed by atoms with E-state index in [4.69, 9.17) is 5.73 Å². The van der Waals surface area contributed by atoms with Crippen LogP contribution in [0.15, 0.2) is 18.5 Å². The van der Waals surface area contributed by atoms with Crippen molar-refractivity contribution in [1.82, 2.24) is 25.1 Å². The molecule has 0 aromatic carbocycles. The minimum absolute atomic E-state index is 0.118. The highest BCUT2D eigenvalue weighted by Gasteiger charge is 2.15. The summed E-state index contributed by atoms with van der Waals surface area (Å²) < 4.78 is 0. The number of hydrogen-bond acceptors (Lipinski definition) is 5. The van der Waals surface area contributed by atoms with E-state index in [-0.39, 0.29) is 5.91 Å². The molecule has 106 valence electrons. The number of nitrogens with zero attached hydrogens (tertiary/aromatic N) is 4. The van der Waals surface area contributed by atoms with Gasteiger partial charge < -0.3 is 10.6 Å². The summed E-state index contributed by atoms with van der Waals surface area (Å²) in [6.07, 6.45) is 3.17. The molecular formula is C13H18N6O. The van der Waals surface area contributed by atoms with Crippen molar-refractivity contribution in [2.75, 3.05) is 12.8 Å². The van der Waals surface area contributed by atoms with Crippen LogP contribution in [0.2, 0.25) is 0 Å². The van der Waals surface area contributed by atoms with Crippen LogP contribution in [0.3, 0.4) is 0 Å². The summed E-state index contributed by atoms with van der Waals surface area (Å²) in [4.78, 5) is 22.1. The van der Waals surface area contributed by atoms with Crippen molar-refractivity contribution in [3.63, 3.8) is 0 Å². The molecule has 0 bridgehead atoms. The molecule has 2 rings (SSSR count). The Bertz CT molecular complexity index is 581. The van der Waals surface area contributed by atoms with Crippen LogP contribution in [0.25, 0.3) is 0 Å². The van der Waals surface area contributed by atoms with Crippen molar-refractivity contribution in [3.8, 4) is 0 Å². The number of amides is 1. The van der Waals surface area contributed by atoms with Gasteiger partial charge in [-0.05, 0) is 18.6 Å². The average molecular weight is 274 g/mol. The molecule has 20 heavy (non-hydrogen) atoms. The van der Waals surface area contributed by atoms with Gasteiger partial charge in [-0.1, -0.05) is 13.3 Å². The second-order valence-corrected chi connectivity index (χ2v) is 4.62. The lowest BCUT2D eigenvalue weighted by Gasteiger charge is -2.16. The standard InChI is InChI=1S/C13H18N6O/c1-3-4-10-5-9(6-11(14)17-10)13(20)19(2)7-12-15-8-16-18-12/h5-6,8H,3-4,7H2,1-2H3,(H2,14,17)(H,15,16,18). The minimum Gasteiger partial charge on any atom is -0.384 e. The number of pyridine rings is 1. The van der Waals surface area contributed by atoms with E-state index < -0.39 is 0 Å². The Labute approximate surface area is 117 Å². The van der Waals surface area contributed by atoms with E-state index in [9.17, 15) is 4.79 Å². The maximum absolute atomic E-state index is 12.4. The van der Waals surface area contributed by atoms with Crippen molar-refractivity contribution in [2.24, 2.45) is 0 Å². The second kappa shape index (κ2) is 6.14. The summed E-state index contributed by atoms with van der Waals surface area (Å²) in [5, 5.41) is 6.48. The number of aryl methyl sites for hydroxylation is 1. The van der Waals surface area contributed by atoms with Gasteiger partial charge in [0, 0.05) is 18.3 Å². The predicted octanol–water partition coefficient (Wildman–Crippen LogP) is 1.01. The van der Waals surface area contributed by atoms with Crippen LogP contribution in [-0.4, -0.2) is 38.0 Å². The highest BCUT2D eigenvalue weighted by Crippen LogP contribution is 2.12. The number of rotatable bonds is 5. The Kier molecular flexibility index (Phi) is 4.29. The first kappa shape index (κ1) is 14.0. The van der Waals surface area contributed by atoms with Gasteiger partial charge in [-0.2, -0.15) is 5.10 Å². The Hall–Kier alpha value is -2.44. The fraction of sp³-hybridized carbons (Fsp3) is 0.385. The van der Waals surface area contributed by atoms with Crippen LogP contribution in [0.1, 0.15) is 35.2 Å². The minimum atomic E-state index is -0.118. The number of hydrogen-bond donors (Lipinski definition) is 2. The molecule has 0 aliphatic heterocycles. The van der Waals surface area contributed by atoms with E-state index in [0.29, 0.717) is 23.8 Å². The molecule has 7 nitrogen and oxygen atoms in total. The summed E-state index contributed by atoms with van der Waals surface area (Å²) in [6, 6.07) is 3.39. The number of H-pyrrole nitrogens is 1. The molecule has 0 radical (unpaired) electrons. The molecule has 0 saturated heterocycles. The van der Waals surface area contributed by atoms with Crippen LogP contribution < -0.4 is 5.73 Å². The maximum atomic E-state index is 12.4. The molecule has 0 fully saturated rings. The van der Waals surface area contributed by atoms with E-state index in [0.717, 1.165) is 18.5 Å². The zero-order valence-electron chi connectivity index (χ0n) is 11.6. The molecule has 0 atom stereocenters. The van der Waals surface area contributed by atoms with Gasteiger partial charge in [0.2, 0.25) is 0 Å². The number of nitrogens with two attached hydrogens (primary N) is 1. The van der Waals surface area contributed by atoms with Gasteiger partial charge in [-0.15, -0.1) is 0 Å². The molecule has 0 saturated carbocycles. The van der Waals surface area contributed by atoms with Crippen molar-refractivity contribution in [2.45, 2.75) is 26.3 Å². The topological polar surface area (TPSA) is 101 Å². The summed E-state index contributed by atoms with van der Waals surface area (Å²) in [5.41, 5.74) is 7.13. The number of nitrogens with one attached hydrogen (secondary N) is 1. The molecule has 0 aliphatic carbocycles. The molecule has 2 heterocycles. The van der Waals surface area contributed by atoms with Crippen molar-refractivity contribution < 1.29 is 4.79 Å². The van der Waals surface area contributed by atoms with Crippen molar-refractivity contribution >= 4 is 11.7 Å². The van der Waals surface area contributed by atoms with Crippen LogP contribution in [0.5, 0.6) is 0 Å². The first-order valence-corrected chi connectivity index (χ1v) is 6.46. The molecule has 2 aromatic rings. The maximum Gasteiger partial charge on any atom is 0.254 e. The van der Waals surface area contributed by atoms with Crippen LogP contribution in [0, 0.1) is 0 Å². The van der Waals surface area contributed by atoms with Gasteiger partial charge in [-0.3, -0.25) is 9.89 Å². The molecular weight excluding hydrogens is 256 g/mol. The van der Waals surface area contributed by atoms with Crippen molar-refractivity contribution in [3.05, 3.63) is 35.5 Å². The number of aromatic amines is 1. The lowest BCUT2D eigenvalue weighted by atomic mass is 10.1. The SMILES string of the molecule is CCCc1cc(C(=O)N(C)Cc2ncn[nH]2)cc(N)n1. The Morgan fingerprint density at radius 1 is 1.45 bits per heavy atom. The lowest BCUT2D eigenvalue weighted by Crippen LogP contribution is -2.27. The van der Waals surface area contributed by atoms with Gasteiger partial charge >= 0.3 is 0 Å². The molecule has 0 spiro atoms. The van der Waals surface area contributed by atoms with Crippen LogP contribution in [-0.2, 0) is 13.0 Å². The summed E-state index contributed by atoms with van der Waals surface area (Å²) in [5.74, 6) is 0.886. The number of nitrogen functional groups attached to an aromatic ring is 1. The Morgan fingerprint density at radius 3 is 2.90 bits per heavy atom. The van der Waals surface area contributed by atoms with E-state index in [1.54, 1.807) is 24.1 Å². The first-order valence-electron chi connectivity index (χ1n) is 6.46. The Morgan fingerprint density at radius 2 is 2.25 bits per heavy atom. The van der Waals surface area contributed by atoms with Gasteiger partial charge in [0.05, 0.1) is 6.54 Å². The molecule has 3 N–H and O–H groups in total. The van der Waals surface area contributed by atoms with E-state index in [1.165, 1.54) is 6.33 Å². The first-order chi connectivity index (χ1) is 9.60. The van der Waals surface area contributed by atoms with Crippen LogP contribution >= 0.6 is 0 Å². The predicted molar refractivity (Wildman–Crippen MR) is 74.8 cm³/mol. The van der Waals surface area contributed by atoms with Crippen molar-refractivity contribution in [1.29, 1.82) is 0 Å². The van der Waals surface area contributed by atoms with E-state index >= 15 is 0 Å². The zero-order valence-corrected chi connectivity index (χ0v) is 11.6. The third kappa shape index (κ3) is 3.31. The Balaban J connectivity index is 2.15. The third-order valence-corrected chi connectivity index (χ3v) is 2.85. The number of anilines is 1. The van der Waals surface area contributed by atoms with Gasteiger partial charge in [-0.25, -0.2) is 9.97 Å². The largest absolute Gasteiger partial charge is 0.384 e. The molecule has 0 aliphatic rings. The molecule has 1 amide bonds. The normalized spacial score (nSPS) is 10.5. The number of aromatic nitrogens is 4. The van der Waals surface area contributed by atoms with Gasteiger partial charge in [0.25, 0.3) is 5.91 Å². The van der Waals surface area contributed by atoms with Gasteiger partial charge in [0.15, 0.2) is 0 Å². The third-order valence-electron chi connectivity index (χ3n) is 2.85. The van der Waals surface area contributed by atoms with Crippen LogP contribution in [0.4, 0.5) is 5.82 Å². The lowest BCUT2D eigenvalue weighted by molar-refractivity contribution is 0.0781. The summed E-state index contributed by atoms with van der Waals surface area (Å²) >= 11 is 0. The molecule has 7 heteroatoms.